The zero-order valence-electron chi connectivity index (χ0n) is 36.3. The van der Waals surface area contributed by atoms with Crippen LogP contribution in [0.2, 0.25) is 0 Å². The fraction of sp³-hybridized carbons (Fsp3) is 0.533. The molecule has 5 aromatic rings. The number of halogens is 2. The van der Waals surface area contributed by atoms with Crippen LogP contribution in [0.1, 0.15) is 98.0 Å². The summed E-state index contributed by atoms with van der Waals surface area (Å²) in [5, 5.41) is 12.5. The maximum Gasteiger partial charge on any atom is 0.329 e. The summed E-state index contributed by atoms with van der Waals surface area (Å²) in [5.41, 5.74) is 2.24. The van der Waals surface area contributed by atoms with Gasteiger partial charge < -0.3 is 29.4 Å². The number of nitrogens with one attached hydrogen (secondary N) is 3. The molecule has 3 fully saturated rings. The Kier molecular flexibility index (Phi) is 14.3. The molecule has 17 nitrogen and oxygen atoms in total. The van der Waals surface area contributed by atoms with Gasteiger partial charge in [-0.1, -0.05) is 12.1 Å². The highest BCUT2D eigenvalue weighted by molar-refractivity contribution is 6.03. The zero-order valence-corrected chi connectivity index (χ0v) is 36.3. The summed E-state index contributed by atoms with van der Waals surface area (Å²) in [6, 6.07) is 8.45. The number of piperidine rings is 1. The van der Waals surface area contributed by atoms with Crippen molar-refractivity contribution in [1.82, 2.24) is 39.1 Å². The quantitative estimate of drug-likeness (QED) is 0.0585. The van der Waals surface area contributed by atoms with Crippen LogP contribution in [0.25, 0.3) is 22.5 Å². The van der Waals surface area contributed by atoms with Crippen LogP contribution in [0.4, 0.5) is 20.3 Å². The molecule has 342 valence electrons. The Bertz CT molecular complexity index is 2490. The SMILES string of the molecule is CN(CCOCCOCCCc1cccc2c1n(C)c(=O)n2C1CCC(=O)NC1=O)C[C@H]1CC[C@H](n2cc(NC(=O)c3coc(-c4ccnc(NCC5CC5)c4)n3)c(C(F)F)n2)CC1. The molecular weight excluding hydrogens is 831 g/mol. The first kappa shape index (κ1) is 44.8. The number of alkyl halides is 2. The van der Waals surface area contributed by atoms with Gasteiger partial charge in [-0.15, -0.1) is 0 Å². The van der Waals surface area contributed by atoms with E-state index in [0.717, 1.165) is 62.8 Å². The highest BCUT2D eigenvalue weighted by atomic mass is 19.3. The van der Waals surface area contributed by atoms with Gasteiger partial charge in [0.2, 0.25) is 17.7 Å². The molecule has 1 saturated heterocycles. The predicted octanol–water partition coefficient (Wildman–Crippen LogP) is 5.91. The molecule has 19 heteroatoms. The van der Waals surface area contributed by atoms with Crippen molar-refractivity contribution in [1.29, 1.82) is 0 Å². The lowest BCUT2D eigenvalue weighted by Gasteiger charge is -2.31. The molecule has 4 aromatic heterocycles. The minimum Gasteiger partial charge on any atom is -0.444 e. The smallest absolute Gasteiger partial charge is 0.329 e. The topological polar surface area (TPSA) is 193 Å². The molecule has 64 heavy (non-hydrogen) atoms. The molecule has 5 heterocycles. The van der Waals surface area contributed by atoms with Gasteiger partial charge in [0.15, 0.2) is 11.4 Å². The molecule has 3 aliphatic rings. The molecule has 1 aromatic carbocycles. The maximum atomic E-state index is 14.1. The molecule has 2 aliphatic carbocycles. The Hall–Kier alpha value is -5.79. The summed E-state index contributed by atoms with van der Waals surface area (Å²) in [6.07, 6.45) is 9.20. The van der Waals surface area contributed by atoms with Gasteiger partial charge in [-0.2, -0.15) is 5.10 Å². The van der Waals surface area contributed by atoms with Gasteiger partial charge in [-0.25, -0.2) is 23.5 Å². The van der Waals surface area contributed by atoms with Gasteiger partial charge in [-0.3, -0.25) is 33.5 Å². The first-order chi connectivity index (χ1) is 31.0. The largest absolute Gasteiger partial charge is 0.444 e. The molecule has 8 rings (SSSR count). The summed E-state index contributed by atoms with van der Waals surface area (Å²) >= 11 is 0. The number of rotatable bonds is 21. The lowest BCUT2D eigenvalue weighted by atomic mass is 9.86. The van der Waals surface area contributed by atoms with E-state index in [1.807, 2.05) is 18.2 Å². The third kappa shape index (κ3) is 10.8. The average Bonchev–Trinajstić information content (AvgIpc) is 3.69. The lowest BCUT2D eigenvalue weighted by molar-refractivity contribution is -0.135. The number of aromatic nitrogens is 6. The van der Waals surface area contributed by atoms with E-state index < -0.39 is 30.0 Å². The second kappa shape index (κ2) is 20.4. The van der Waals surface area contributed by atoms with Crippen molar-refractivity contribution in [3.8, 4) is 11.5 Å². The number of hydrogen-bond donors (Lipinski definition) is 3. The van der Waals surface area contributed by atoms with E-state index in [2.05, 4.69) is 43.0 Å². The Morgan fingerprint density at radius 1 is 1.02 bits per heavy atom. The van der Waals surface area contributed by atoms with Crippen molar-refractivity contribution in [2.75, 3.05) is 63.7 Å². The van der Waals surface area contributed by atoms with Crippen LogP contribution < -0.4 is 21.6 Å². The van der Waals surface area contributed by atoms with Crippen LogP contribution in [-0.4, -0.2) is 105 Å². The number of anilines is 2. The Morgan fingerprint density at radius 3 is 2.56 bits per heavy atom. The average molecular weight is 887 g/mol. The number of pyridine rings is 1. The monoisotopic (exact) mass is 886 g/mol. The third-order valence-corrected chi connectivity index (χ3v) is 12.4. The van der Waals surface area contributed by atoms with Crippen molar-refractivity contribution in [3.05, 3.63) is 76.4 Å². The summed E-state index contributed by atoms with van der Waals surface area (Å²) < 4.78 is 50.2. The Labute approximate surface area is 368 Å². The summed E-state index contributed by atoms with van der Waals surface area (Å²) in [6.45, 7) is 4.51. The molecule has 3 amide bonds. The predicted molar refractivity (Wildman–Crippen MR) is 233 cm³/mol. The van der Waals surface area contributed by atoms with Gasteiger partial charge >= 0.3 is 5.69 Å². The van der Waals surface area contributed by atoms with Crippen LogP contribution in [0.3, 0.4) is 0 Å². The maximum absolute atomic E-state index is 14.1. The minimum atomic E-state index is -2.87. The Balaban J connectivity index is 0.720. The van der Waals surface area contributed by atoms with E-state index in [1.54, 1.807) is 34.6 Å². The standard InChI is InChI=1S/C45H56F2N10O7/c1-54(18-20-63-22-21-62-19-4-6-30-5-3-7-35-40(30)55(2)45(61)57(35)36-14-15-38(58)52-43(36)60)25-29-10-12-32(13-11-29)56-26-33(39(53-56)41(46)47)50-42(59)34-27-64-44(51-34)31-16-17-48-37(23-31)49-24-28-8-9-28/h3,5,7,16-17,23,26-29,32,36,41H,4,6,8-15,18-22,24-25H2,1-2H3,(H,48,49)(H,50,59)(H,52,58,60)/t29-,32-,36?. The number of oxazole rings is 1. The Morgan fingerprint density at radius 2 is 1.80 bits per heavy atom. The van der Waals surface area contributed by atoms with Gasteiger partial charge in [0.25, 0.3) is 12.3 Å². The molecule has 0 spiro atoms. The molecular formula is C45H56F2N10O7. The number of likely N-dealkylation sites (N-methyl/N-ethyl adjacent to an activating group) is 1. The van der Waals surface area contributed by atoms with Crippen molar-refractivity contribution >= 4 is 40.3 Å². The molecule has 1 atom stereocenters. The van der Waals surface area contributed by atoms with Gasteiger partial charge in [-0.05, 0) is 100 Å². The lowest BCUT2D eigenvalue weighted by Crippen LogP contribution is -2.44. The normalized spacial score (nSPS) is 19.2. The zero-order chi connectivity index (χ0) is 44.7. The molecule has 1 unspecified atom stereocenters. The van der Waals surface area contributed by atoms with Crippen LogP contribution in [0.5, 0.6) is 0 Å². The summed E-state index contributed by atoms with van der Waals surface area (Å²) in [4.78, 5) is 61.5. The number of fused-ring (bicyclic) bond motifs is 1. The number of carbonyl (C=O) groups excluding carboxylic acids is 3. The van der Waals surface area contributed by atoms with Crippen molar-refractivity contribution < 1.29 is 37.1 Å². The van der Waals surface area contributed by atoms with Crippen molar-refractivity contribution in [2.24, 2.45) is 18.9 Å². The second-order valence-corrected chi connectivity index (χ2v) is 17.2. The molecule has 2 saturated carbocycles. The molecule has 0 radical (unpaired) electrons. The van der Waals surface area contributed by atoms with E-state index in [4.69, 9.17) is 13.9 Å². The molecule has 3 N–H and O–H groups in total. The summed E-state index contributed by atoms with van der Waals surface area (Å²) in [5.74, 6) is 0.589. The van der Waals surface area contributed by atoms with E-state index in [1.165, 1.54) is 29.9 Å². The van der Waals surface area contributed by atoms with E-state index >= 15 is 0 Å². The minimum absolute atomic E-state index is 0.0349. The van der Waals surface area contributed by atoms with Crippen molar-refractivity contribution in [3.63, 3.8) is 0 Å². The first-order valence-electron chi connectivity index (χ1n) is 22.2. The molecule has 1 aliphatic heterocycles. The number of carbonyl (C=O) groups is 3. The number of ether oxygens (including phenoxy) is 2. The number of hydrogen-bond acceptors (Lipinski definition) is 12. The number of imidazole rings is 1. The van der Waals surface area contributed by atoms with E-state index in [0.29, 0.717) is 68.0 Å². The molecule has 0 bridgehead atoms. The number of para-hydroxylation sites is 1. The summed E-state index contributed by atoms with van der Waals surface area (Å²) in [7, 11) is 3.77. The third-order valence-electron chi connectivity index (χ3n) is 12.4. The van der Waals surface area contributed by atoms with E-state index in [9.17, 15) is 28.0 Å². The fourth-order valence-electron chi connectivity index (χ4n) is 8.76. The second-order valence-electron chi connectivity index (χ2n) is 17.2. The number of aryl methyl sites for hydroxylation is 2. The van der Waals surface area contributed by atoms with Crippen LogP contribution in [0.15, 0.2) is 58.2 Å². The van der Waals surface area contributed by atoms with Gasteiger partial charge in [0.05, 0.1) is 42.6 Å². The van der Waals surface area contributed by atoms with Gasteiger partial charge in [0.1, 0.15) is 18.1 Å². The van der Waals surface area contributed by atoms with Crippen LogP contribution in [-0.2, 0) is 32.5 Å². The van der Waals surface area contributed by atoms with E-state index in [-0.39, 0.29) is 41.3 Å². The van der Waals surface area contributed by atoms with Crippen molar-refractivity contribution in [2.45, 2.75) is 82.7 Å². The first-order valence-corrected chi connectivity index (χ1v) is 22.2. The number of imide groups is 1. The van der Waals surface area contributed by atoms with Crippen LogP contribution >= 0.6 is 0 Å². The number of nitrogens with zero attached hydrogens (tertiary/aromatic N) is 7. The highest BCUT2D eigenvalue weighted by Gasteiger charge is 2.32. The van der Waals surface area contributed by atoms with Crippen LogP contribution in [0, 0.1) is 11.8 Å². The highest BCUT2D eigenvalue weighted by Crippen LogP contribution is 2.36. The fourth-order valence-corrected chi connectivity index (χ4v) is 8.76. The number of benzene rings is 1. The van der Waals surface area contributed by atoms with Gasteiger partial charge in [0, 0.05) is 57.7 Å². The number of amides is 3.